The van der Waals surface area contributed by atoms with Gasteiger partial charge in [0, 0.05) is 18.1 Å². The molecule has 0 bridgehead atoms. The minimum Gasteiger partial charge on any atom is -0.381 e. The molecule has 0 spiro atoms. The molecule has 2 N–H and O–H groups in total. The van der Waals surface area contributed by atoms with Gasteiger partial charge in [-0.05, 0) is 5.92 Å². The largest absolute Gasteiger partial charge is 0.381 e. The number of nitrogens with zero attached hydrogens (tertiary/aromatic N) is 2. The zero-order valence-corrected chi connectivity index (χ0v) is 9.55. The monoisotopic (exact) mass is 211 g/mol. The SMILES string of the molecule is CCC(CC)CSc1nccnc1N. The fraction of sp³-hybridized carbons (Fsp3) is 0.600. The molecule has 0 radical (unpaired) electrons. The van der Waals surface area contributed by atoms with Crippen molar-refractivity contribution in [3.8, 4) is 0 Å². The molecule has 14 heavy (non-hydrogen) atoms. The van der Waals surface area contributed by atoms with E-state index in [4.69, 9.17) is 5.73 Å². The molecule has 0 saturated heterocycles. The molecule has 1 aromatic heterocycles. The average Bonchev–Trinajstić information content (AvgIpc) is 2.22. The number of anilines is 1. The lowest BCUT2D eigenvalue weighted by atomic mass is 10.1. The first-order valence-corrected chi connectivity index (χ1v) is 5.95. The smallest absolute Gasteiger partial charge is 0.156 e. The molecule has 0 aromatic carbocycles. The number of nitrogen functional groups attached to an aromatic ring is 1. The van der Waals surface area contributed by atoms with Crippen molar-refractivity contribution in [3.05, 3.63) is 12.4 Å². The highest BCUT2D eigenvalue weighted by Gasteiger charge is 2.07. The molecule has 0 amide bonds. The first-order chi connectivity index (χ1) is 6.77. The van der Waals surface area contributed by atoms with Crippen LogP contribution < -0.4 is 5.73 Å². The lowest BCUT2D eigenvalue weighted by molar-refractivity contribution is 0.553. The fourth-order valence-electron chi connectivity index (χ4n) is 1.17. The lowest BCUT2D eigenvalue weighted by Gasteiger charge is -2.11. The van der Waals surface area contributed by atoms with Crippen LogP contribution in [0.1, 0.15) is 26.7 Å². The first kappa shape index (κ1) is 11.3. The molecular weight excluding hydrogens is 194 g/mol. The Morgan fingerprint density at radius 3 is 2.50 bits per heavy atom. The van der Waals surface area contributed by atoms with Gasteiger partial charge in [-0.15, -0.1) is 11.8 Å². The van der Waals surface area contributed by atoms with E-state index in [0.717, 1.165) is 16.7 Å². The van der Waals surface area contributed by atoms with Gasteiger partial charge in [-0.1, -0.05) is 26.7 Å². The van der Waals surface area contributed by atoms with Gasteiger partial charge in [-0.25, -0.2) is 9.97 Å². The van der Waals surface area contributed by atoms with E-state index in [1.54, 1.807) is 24.2 Å². The standard InChI is InChI=1S/C10H17N3S/c1-3-8(4-2)7-14-10-9(11)12-5-6-13-10/h5-6,8H,3-4,7H2,1-2H3,(H2,11,12). The molecule has 0 aliphatic carbocycles. The van der Waals surface area contributed by atoms with E-state index in [9.17, 15) is 0 Å². The summed E-state index contributed by atoms with van der Waals surface area (Å²) in [6, 6.07) is 0. The van der Waals surface area contributed by atoms with Crippen LogP contribution in [0.3, 0.4) is 0 Å². The second-order valence-electron chi connectivity index (χ2n) is 3.24. The highest BCUT2D eigenvalue weighted by molar-refractivity contribution is 7.99. The Balaban J connectivity index is 2.49. The zero-order chi connectivity index (χ0) is 10.4. The summed E-state index contributed by atoms with van der Waals surface area (Å²) in [6.45, 7) is 4.43. The van der Waals surface area contributed by atoms with E-state index in [1.165, 1.54) is 12.8 Å². The van der Waals surface area contributed by atoms with Crippen molar-refractivity contribution >= 4 is 17.6 Å². The highest BCUT2D eigenvalue weighted by atomic mass is 32.2. The number of rotatable bonds is 5. The van der Waals surface area contributed by atoms with Crippen LogP contribution in [0.25, 0.3) is 0 Å². The fourth-order valence-corrected chi connectivity index (χ4v) is 2.37. The summed E-state index contributed by atoms with van der Waals surface area (Å²) in [5.74, 6) is 2.38. The Bertz CT molecular complexity index is 274. The summed E-state index contributed by atoms with van der Waals surface area (Å²) in [7, 11) is 0. The summed E-state index contributed by atoms with van der Waals surface area (Å²) in [6.07, 6.45) is 5.73. The van der Waals surface area contributed by atoms with Crippen molar-refractivity contribution in [1.82, 2.24) is 9.97 Å². The quantitative estimate of drug-likeness (QED) is 0.761. The Kier molecular flexibility index (Phi) is 4.73. The van der Waals surface area contributed by atoms with Crippen LogP contribution in [0.15, 0.2) is 17.4 Å². The Morgan fingerprint density at radius 1 is 1.29 bits per heavy atom. The third-order valence-corrected chi connectivity index (χ3v) is 3.53. The molecule has 1 rings (SSSR count). The number of thioether (sulfide) groups is 1. The molecular formula is C10H17N3S. The van der Waals surface area contributed by atoms with Gasteiger partial charge in [0.05, 0.1) is 0 Å². The van der Waals surface area contributed by atoms with Gasteiger partial charge in [0.15, 0.2) is 5.82 Å². The summed E-state index contributed by atoms with van der Waals surface area (Å²) in [5, 5.41) is 0.861. The summed E-state index contributed by atoms with van der Waals surface area (Å²) >= 11 is 1.71. The van der Waals surface area contributed by atoms with Crippen molar-refractivity contribution < 1.29 is 0 Å². The molecule has 78 valence electrons. The number of aromatic nitrogens is 2. The van der Waals surface area contributed by atoms with Crippen molar-refractivity contribution in [3.63, 3.8) is 0 Å². The molecule has 4 heteroatoms. The van der Waals surface area contributed by atoms with Gasteiger partial charge in [-0.3, -0.25) is 0 Å². The highest BCUT2D eigenvalue weighted by Crippen LogP contribution is 2.24. The van der Waals surface area contributed by atoms with E-state index in [2.05, 4.69) is 23.8 Å². The van der Waals surface area contributed by atoms with Gasteiger partial charge in [0.1, 0.15) is 5.03 Å². The Labute approximate surface area is 89.5 Å². The van der Waals surface area contributed by atoms with Crippen molar-refractivity contribution in [2.24, 2.45) is 5.92 Å². The predicted molar refractivity (Wildman–Crippen MR) is 61.2 cm³/mol. The van der Waals surface area contributed by atoms with Crippen LogP contribution in [0, 0.1) is 5.92 Å². The minimum absolute atomic E-state index is 0.545. The molecule has 1 aromatic rings. The summed E-state index contributed by atoms with van der Waals surface area (Å²) in [4.78, 5) is 8.20. The molecule has 0 saturated carbocycles. The van der Waals surface area contributed by atoms with Crippen LogP contribution >= 0.6 is 11.8 Å². The van der Waals surface area contributed by atoms with E-state index < -0.39 is 0 Å². The maximum absolute atomic E-state index is 5.70. The summed E-state index contributed by atoms with van der Waals surface area (Å²) in [5.41, 5.74) is 5.70. The third-order valence-electron chi connectivity index (χ3n) is 2.30. The Hall–Kier alpha value is -0.770. The third kappa shape index (κ3) is 3.18. The Morgan fingerprint density at radius 2 is 1.93 bits per heavy atom. The average molecular weight is 211 g/mol. The van der Waals surface area contributed by atoms with Crippen LogP contribution in [0.2, 0.25) is 0 Å². The number of nitrogens with two attached hydrogens (primary N) is 1. The minimum atomic E-state index is 0.545. The molecule has 0 fully saturated rings. The zero-order valence-electron chi connectivity index (χ0n) is 8.73. The molecule has 3 nitrogen and oxygen atoms in total. The van der Waals surface area contributed by atoms with Crippen LogP contribution in [0.4, 0.5) is 5.82 Å². The first-order valence-electron chi connectivity index (χ1n) is 4.97. The van der Waals surface area contributed by atoms with Crippen molar-refractivity contribution in [2.75, 3.05) is 11.5 Å². The van der Waals surface area contributed by atoms with Gasteiger partial charge < -0.3 is 5.73 Å². The molecule has 0 atom stereocenters. The molecule has 0 unspecified atom stereocenters. The topological polar surface area (TPSA) is 51.8 Å². The van der Waals surface area contributed by atoms with Crippen molar-refractivity contribution in [1.29, 1.82) is 0 Å². The van der Waals surface area contributed by atoms with Gasteiger partial charge in [0.2, 0.25) is 0 Å². The van der Waals surface area contributed by atoms with Crippen LogP contribution in [-0.4, -0.2) is 15.7 Å². The molecule has 1 heterocycles. The van der Waals surface area contributed by atoms with Gasteiger partial charge in [-0.2, -0.15) is 0 Å². The second-order valence-corrected chi connectivity index (χ2v) is 4.25. The summed E-state index contributed by atoms with van der Waals surface area (Å²) < 4.78 is 0. The molecule has 0 aliphatic rings. The maximum atomic E-state index is 5.70. The van der Waals surface area contributed by atoms with E-state index in [1.807, 2.05) is 0 Å². The number of hydrogen-bond acceptors (Lipinski definition) is 4. The number of hydrogen-bond donors (Lipinski definition) is 1. The van der Waals surface area contributed by atoms with Crippen molar-refractivity contribution in [2.45, 2.75) is 31.7 Å². The van der Waals surface area contributed by atoms with Gasteiger partial charge in [0.25, 0.3) is 0 Å². The molecule has 0 aliphatic heterocycles. The van der Waals surface area contributed by atoms with Gasteiger partial charge >= 0.3 is 0 Å². The van der Waals surface area contributed by atoms with Crippen LogP contribution in [-0.2, 0) is 0 Å². The lowest BCUT2D eigenvalue weighted by Crippen LogP contribution is -2.02. The van der Waals surface area contributed by atoms with Crippen LogP contribution in [0.5, 0.6) is 0 Å². The second kappa shape index (κ2) is 5.86. The van der Waals surface area contributed by atoms with E-state index in [0.29, 0.717) is 5.82 Å². The van der Waals surface area contributed by atoms with E-state index in [-0.39, 0.29) is 0 Å². The maximum Gasteiger partial charge on any atom is 0.156 e. The van der Waals surface area contributed by atoms with E-state index >= 15 is 0 Å². The predicted octanol–water partition coefficient (Wildman–Crippen LogP) is 2.59. The normalized spacial score (nSPS) is 10.8.